The Morgan fingerprint density at radius 3 is 2.67 bits per heavy atom. The number of hydrogen-bond donors (Lipinski definition) is 0. The molecule has 2 unspecified atom stereocenters. The van der Waals surface area contributed by atoms with Crippen LogP contribution >= 0.6 is 11.8 Å². The predicted octanol–water partition coefficient (Wildman–Crippen LogP) is 1.12. The van der Waals surface area contributed by atoms with Crippen LogP contribution in [0.5, 0.6) is 0 Å². The molecule has 2 rings (SSSR count). The minimum atomic E-state index is 0.107. The lowest BCUT2D eigenvalue weighted by Crippen LogP contribution is -2.48. The zero-order valence-corrected chi connectivity index (χ0v) is 13.8. The molecule has 1 saturated heterocycles. The van der Waals surface area contributed by atoms with Crippen LogP contribution in [0.25, 0.3) is 0 Å². The van der Waals surface area contributed by atoms with Gasteiger partial charge in [-0.3, -0.25) is 4.79 Å². The van der Waals surface area contributed by atoms with Crippen LogP contribution in [-0.4, -0.2) is 62.1 Å². The van der Waals surface area contributed by atoms with E-state index in [-0.39, 0.29) is 24.2 Å². The largest absolute Gasteiger partial charge is 0.372 e. The van der Waals surface area contributed by atoms with E-state index in [9.17, 15) is 4.79 Å². The van der Waals surface area contributed by atoms with Crippen molar-refractivity contribution in [2.75, 3.05) is 18.8 Å². The highest BCUT2D eigenvalue weighted by Crippen LogP contribution is 2.16. The first-order valence-electron chi connectivity index (χ1n) is 7.25. The molecule has 0 spiro atoms. The van der Waals surface area contributed by atoms with Crippen molar-refractivity contribution in [3.8, 4) is 0 Å². The summed E-state index contributed by atoms with van der Waals surface area (Å²) in [5, 5.41) is 11.6. The fourth-order valence-corrected chi connectivity index (χ4v) is 3.24. The Kier molecular flexibility index (Phi) is 5.58. The number of amides is 1. The quantitative estimate of drug-likeness (QED) is 0.811. The van der Waals surface area contributed by atoms with Crippen molar-refractivity contribution in [3.63, 3.8) is 0 Å². The van der Waals surface area contributed by atoms with Gasteiger partial charge in [-0.2, -0.15) is 0 Å². The third-order valence-corrected chi connectivity index (χ3v) is 4.19. The molecule has 7 nitrogen and oxygen atoms in total. The van der Waals surface area contributed by atoms with Crippen molar-refractivity contribution < 1.29 is 9.53 Å². The fraction of sp³-hybridized carbons (Fsp3) is 0.846. The van der Waals surface area contributed by atoms with E-state index >= 15 is 0 Å². The van der Waals surface area contributed by atoms with E-state index < -0.39 is 0 Å². The number of nitrogens with zero attached hydrogens (tertiary/aromatic N) is 5. The molecule has 21 heavy (non-hydrogen) atoms. The molecule has 0 aliphatic carbocycles. The molecule has 0 aromatic carbocycles. The topological polar surface area (TPSA) is 73.1 Å². The SMILES string of the molecule is CC1CN(C(=O)CSCc2nnnn2C(C)C)CC(C)O1. The first kappa shape index (κ1) is 16.2. The highest BCUT2D eigenvalue weighted by Gasteiger charge is 2.25. The lowest BCUT2D eigenvalue weighted by atomic mass is 10.2. The second-order valence-corrected chi connectivity index (χ2v) is 6.67. The predicted molar refractivity (Wildman–Crippen MR) is 81.0 cm³/mol. The Morgan fingerprint density at radius 1 is 1.38 bits per heavy atom. The van der Waals surface area contributed by atoms with E-state index in [4.69, 9.17) is 4.74 Å². The summed E-state index contributed by atoms with van der Waals surface area (Å²) in [5.74, 6) is 2.06. The number of thioether (sulfide) groups is 1. The normalized spacial score (nSPS) is 22.8. The van der Waals surface area contributed by atoms with E-state index in [1.165, 1.54) is 0 Å². The molecular weight excluding hydrogens is 290 g/mol. The molecular formula is C13H23N5O2S. The number of morpholine rings is 1. The number of rotatable bonds is 5. The number of carbonyl (C=O) groups excluding carboxylic acids is 1. The van der Waals surface area contributed by atoms with Gasteiger partial charge >= 0.3 is 0 Å². The summed E-state index contributed by atoms with van der Waals surface area (Å²) in [5.41, 5.74) is 0. The van der Waals surface area contributed by atoms with Crippen LogP contribution in [0, 0.1) is 0 Å². The van der Waals surface area contributed by atoms with Crippen LogP contribution in [-0.2, 0) is 15.3 Å². The molecule has 1 amide bonds. The van der Waals surface area contributed by atoms with Crippen molar-refractivity contribution in [3.05, 3.63) is 5.82 Å². The van der Waals surface area contributed by atoms with Gasteiger partial charge in [-0.05, 0) is 38.1 Å². The molecule has 118 valence electrons. The summed E-state index contributed by atoms with van der Waals surface area (Å²) in [6, 6.07) is 0.229. The van der Waals surface area contributed by atoms with Crippen LogP contribution in [0.1, 0.15) is 39.6 Å². The van der Waals surface area contributed by atoms with Crippen molar-refractivity contribution in [2.24, 2.45) is 0 Å². The van der Waals surface area contributed by atoms with Gasteiger partial charge in [-0.25, -0.2) is 4.68 Å². The first-order chi connectivity index (χ1) is 9.97. The molecule has 1 fully saturated rings. The number of carbonyl (C=O) groups is 1. The summed E-state index contributed by atoms with van der Waals surface area (Å²) in [4.78, 5) is 14.1. The van der Waals surface area contributed by atoms with E-state index in [1.54, 1.807) is 16.4 Å². The lowest BCUT2D eigenvalue weighted by Gasteiger charge is -2.35. The van der Waals surface area contributed by atoms with E-state index in [0.717, 1.165) is 5.82 Å². The van der Waals surface area contributed by atoms with Gasteiger partial charge in [0.2, 0.25) is 5.91 Å². The summed E-state index contributed by atoms with van der Waals surface area (Å²) >= 11 is 1.55. The van der Waals surface area contributed by atoms with Crippen LogP contribution in [0.2, 0.25) is 0 Å². The molecule has 0 N–H and O–H groups in total. The monoisotopic (exact) mass is 313 g/mol. The van der Waals surface area contributed by atoms with Gasteiger partial charge in [0.25, 0.3) is 0 Å². The minimum Gasteiger partial charge on any atom is -0.372 e. The van der Waals surface area contributed by atoms with Crippen LogP contribution < -0.4 is 0 Å². The van der Waals surface area contributed by atoms with E-state index in [0.29, 0.717) is 24.6 Å². The second-order valence-electron chi connectivity index (χ2n) is 5.68. The summed E-state index contributed by atoms with van der Waals surface area (Å²) < 4.78 is 7.43. The molecule has 0 saturated carbocycles. The molecule has 1 aliphatic heterocycles. The van der Waals surface area contributed by atoms with Crippen LogP contribution in [0.15, 0.2) is 0 Å². The minimum absolute atomic E-state index is 0.107. The maximum atomic E-state index is 12.2. The standard InChI is InChI=1S/C13H23N5O2S/c1-9(2)18-12(14-15-16-18)7-21-8-13(19)17-5-10(3)20-11(4)6-17/h9-11H,5-8H2,1-4H3. The first-order valence-corrected chi connectivity index (χ1v) is 8.40. The summed E-state index contributed by atoms with van der Waals surface area (Å²) in [7, 11) is 0. The Labute approximate surface area is 129 Å². The Balaban J connectivity index is 1.80. The maximum Gasteiger partial charge on any atom is 0.232 e. The van der Waals surface area contributed by atoms with Gasteiger partial charge in [0, 0.05) is 13.1 Å². The average molecular weight is 313 g/mol. The lowest BCUT2D eigenvalue weighted by molar-refractivity contribution is -0.140. The number of ether oxygens (including phenoxy) is 1. The van der Waals surface area contributed by atoms with Crippen LogP contribution in [0.4, 0.5) is 0 Å². The fourth-order valence-electron chi connectivity index (χ4n) is 2.41. The van der Waals surface area contributed by atoms with Crippen molar-refractivity contribution in [1.82, 2.24) is 25.1 Å². The molecule has 0 radical (unpaired) electrons. The number of aromatic nitrogens is 4. The van der Waals surface area contributed by atoms with Gasteiger partial charge in [-0.1, -0.05) is 0 Å². The van der Waals surface area contributed by atoms with Gasteiger partial charge in [-0.15, -0.1) is 16.9 Å². The molecule has 1 aromatic rings. The zero-order valence-electron chi connectivity index (χ0n) is 13.0. The van der Waals surface area contributed by atoms with Crippen molar-refractivity contribution in [1.29, 1.82) is 0 Å². The Bertz CT molecular complexity index is 469. The average Bonchev–Trinajstić information content (AvgIpc) is 2.86. The molecule has 1 aliphatic rings. The van der Waals surface area contributed by atoms with E-state index in [1.807, 2.05) is 32.6 Å². The Morgan fingerprint density at radius 2 is 2.05 bits per heavy atom. The van der Waals surface area contributed by atoms with Crippen molar-refractivity contribution >= 4 is 17.7 Å². The molecule has 2 atom stereocenters. The van der Waals surface area contributed by atoms with Crippen LogP contribution in [0.3, 0.4) is 0 Å². The van der Waals surface area contributed by atoms with Gasteiger partial charge < -0.3 is 9.64 Å². The van der Waals surface area contributed by atoms with Crippen molar-refractivity contribution in [2.45, 2.75) is 51.7 Å². The Hall–Kier alpha value is -1.15. The number of hydrogen-bond acceptors (Lipinski definition) is 6. The zero-order chi connectivity index (χ0) is 15.4. The highest BCUT2D eigenvalue weighted by molar-refractivity contribution is 7.99. The maximum absolute atomic E-state index is 12.2. The van der Waals surface area contributed by atoms with E-state index in [2.05, 4.69) is 15.5 Å². The molecule has 1 aromatic heterocycles. The summed E-state index contributed by atoms with van der Waals surface area (Å²) in [6.07, 6.45) is 0.215. The highest BCUT2D eigenvalue weighted by atomic mass is 32.2. The smallest absolute Gasteiger partial charge is 0.232 e. The molecule has 2 heterocycles. The number of tetrazole rings is 1. The van der Waals surface area contributed by atoms with Gasteiger partial charge in [0.15, 0.2) is 5.82 Å². The van der Waals surface area contributed by atoms with Gasteiger partial charge in [0.05, 0.1) is 29.8 Å². The second kappa shape index (κ2) is 7.22. The summed E-state index contributed by atoms with van der Waals surface area (Å²) in [6.45, 7) is 9.42. The molecule has 0 bridgehead atoms. The third-order valence-electron chi connectivity index (χ3n) is 3.28. The third kappa shape index (κ3) is 4.41. The molecule has 8 heteroatoms. The van der Waals surface area contributed by atoms with Gasteiger partial charge in [0.1, 0.15) is 0 Å².